The van der Waals surface area contributed by atoms with Gasteiger partial charge >= 0.3 is 0 Å². The van der Waals surface area contributed by atoms with Crippen LogP contribution in [-0.4, -0.2) is 11.0 Å². The third-order valence-electron chi connectivity index (χ3n) is 5.66. The van der Waals surface area contributed by atoms with Crippen molar-refractivity contribution in [3.8, 4) is 6.07 Å². The van der Waals surface area contributed by atoms with Crippen LogP contribution < -0.4 is 5.32 Å². The molecular formula is C24H34N2O2S. The second-order valence-corrected chi connectivity index (χ2v) is 10.7. The van der Waals surface area contributed by atoms with E-state index in [2.05, 4.69) is 25.2 Å². The first-order valence-corrected chi connectivity index (χ1v) is 11.5. The van der Waals surface area contributed by atoms with E-state index < -0.39 is 5.41 Å². The van der Waals surface area contributed by atoms with Gasteiger partial charge in [-0.25, -0.2) is 0 Å². The predicted octanol–water partition coefficient (Wildman–Crippen LogP) is 6.55. The number of benzene rings is 1. The molecule has 0 unspecified atom stereocenters. The maximum Gasteiger partial charge on any atom is 0.230 e. The van der Waals surface area contributed by atoms with Crippen molar-refractivity contribution in [1.82, 2.24) is 0 Å². The molecule has 0 atom stereocenters. The van der Waals surface area contributed by atoms with E-state index in [9.17, 15) is 14.9 Å². The Balaban J connectivity index is 2.30. The molecule has 4 nitrogen and oxygen atoms in total. The van der Waals surface area contributed by atoms with Crippen LogP contribution in [0.1, 0.15) is 85.1 Å². The highest BCUT2D eigenvalue weighted by atomic mass is 32.2. The molecule has 1 N–H and O–H groups in total. The van der Waals surface area contributed by atoms with Gasteiger partial charge in [0.05, 0.1) is 17.3 Å². The lowest BCUT2D eigenvalue weighted by Gasteiger charge is -2.36. The van der Waals surface area contributed by atoms with E-state index in [1.807, 2.05) is 20.8 Å². The average molecular weight is 415 g/mol. The van der Waals surface area contributed by atoms with Gasteiger partial charge in [0, 0.05) is 15.7 Å². The molecule has 1 aliphatic rings. The van der Waals surface area contributed by atoms with E-state index in [0.29, 0.717) is 22.1 Å². The Morgan fingerprint density at radius 2 is 1.86 bits per heavy atom. The van der Waals surface area contributed by atoms with Gasteiger partial charge in [0.25, 0.3) is 0 Å². The predicted molar refractivity (Wildman–Crippen MR) is 120 cm³/mol. The van der Waals surface area contributed by atoms with Crippen molar-refractivity contribution in [1.29, 1.82) is 5.26 Å². The van der Waals surface area contributed by atoms with Crippen molar-refractivity contribution in [2.45, 2.75) is 84.5 Å². The molecule has 1 aliphatic carbocycles. The molecule has 0 bridgehead atoms. The summed E-state index contributed by atoms with van der Waals surface area (Å²) in [5.41, 5.74) is 0.224. The van der Waals surface area contributed by atoms with Crippen molar-refractivity contribution in [3.05, 3.63) is 23.8 Å². The van der Waals surface area contributed by atoms with Gasteiger partial charge in [0.1, 0.15) is 0 Å². The zero-order valence-electron chi connectivity index (χ0n) is 18.4. The fourth-order valence-electron chi connectivity index (χ4n) is 3.68. The van der Waals surface area contributed by atoms with Crippen molar-refractivity contribution in [2.24, 2.45) is 16.7 Å². The molecule has 1 aromatic rings. The van der Waals surface area contributed by atoms with Crippen LogP contribution >= 0.6 is 11.8 Å². The number of anilines is 1. The minimum Gasteiger partial charge on any atom is -0.325 e. The van der Waals surface area contributed by atoms with Crippen LogP contribution in [0.3, 0.4) is 0 Å². The molecule has 5 heteroatoms. The van der Waals surface area contributed by atoms with Gasteiger partial charge in [-0.3, -0.25) is 9.59 Å². The monoisotopic (exact) mass is 414 g/mol. The third-order valence-corrected chi connectivity index (χ3v) is 7.04. The number of hydrogen-bond acceptors (Lipinski definition) is 4. The molecule has 1 amide bonds. The summed E-state index contributed by atoms with van der Waals surface area (Å²) in [5, 5.41) is 12.5. The van der Waals surface area contributed by atoms with Crippen molar-refractivity contribution < 1.29 is 9.59 Å². The number of nitriles is 1. The maximum absolute atomic E-state index is 13.4. The van der Waals surface area contributed by atoms with Crippen LogP contribution in [0.25, 0.3) is 0 Å². The summed E-state index contributed by atoms with van der Waals surface area (Å²) in [6.07, 6.45) is 7.07. The molecule has 0 radical (unpaired) electrons. The Bertz CT molecular complexity index is 781. The van der Waals surface area contributed by atoms with E-state index >= 15 is 0 Å². The molecule has 1 saturated carbocycles. The van der Waals surface area contributed by atoms with Gasteiger partial charge in [0.15, 0.2) is 5.12 Å². The second-order valence-electron chi connectivity index (χ2n) is 9.69. The number of carbonyl (C=O) groups is 2. The topological polar surface area (TPSA) is 70.0 Å². The Labute approximate surface area is 179 Å². The number of rotatable bonds is 6. The smallest absolute Gasteiger partial charge is 0.230 e. The Morgan fingerprint density at radius 3 is 2.41 bits per heavy atom. The van der Waals surface area contributed by atoms with Gasteiger partial charge < -0.3 is 5.32 Å². The lowest BCUT2D eigenvalue weighted by Crippen LogP contribution is -2.38. The summed E-state index contributed by atoms with van der Waals surface area (Å²) in [5.74, 6) is 0.594. The van der Waals surface area contributed by atoms with Crippen LogP contribution in [0.15, 0.2) is 23.1 Å². The molecule has 0 saturated heterocycles. The highest BCUT2D eigenvalue weighted by Gasteiger charge is 2.39. The Hall–Kier alpha value is -1.80. The summed E-state index contributed by atoms with van der Waals surface area (Å²) in [4.78, 5) is 26.7. The standard InChI is InChI=1S/C24H34N2O2S/c1-17(2)11-14-24(12-7-6-8-13-24)21(27)26-19-15-18(16-25)9-10-20(19)29-22(28)23(3,4)5/h9-10,15,17H,6-8,11-14H2,1-5H3,(H,26,27). The number of thioether (sulfide) groups is 1. The lowest BCUT2D eigenvalue weighted by molar-refractivity contribution is -0.128. The lowest BCUT2D eigenvalue weighted by atomic mass is 9.69. The molecule has 29 heavy (non-hydrogen) atoms. The molecule has 0 aromatic heterocycles. The van der Waals surface area contributed by atoms with E-state index in [-0.39, 0.29) is 16.4 Å². The van der Waals surface area contributed by atoms with Gasteiger partial charge in [-0.15, -0.1) is 0 Å². The second kappa shape index (κ2) is 9.80. The highest BCUT2D eigenvalue weighted by Crippen LogP contribution is 2.43. The molecule has 0 aliphatic heterocycles. The first-order chi connectivity index (χ1) is 13.6. The SMILES string of the molecule is CC(C)CCC1(C(=O)Nc2cc(C#N)ccc2SC(=O)C(C)(C)C)CCCCC1. The summed E-state index contributed by atoms with van der Waals surface area (Å²) in [7, 11) is 0. The molecule has 0 heterocycles. The summed E-state index contributed by atoms with van der Waals surface area (Å²) >= 11 is 1.14. The Kier molecular flexibility index (Phi) is 7.94. The van der Waals surface area contributed by atoms with Crippen LogP contribution in [0, 0.1) is 28.1 Å². The minimum absolute atomic E-state index is 0.0323. The van der Waals surface area contributed by atoms with Crippen LogP contribution in [0.4, 0.5) is 5.69 Å². The quantitative estimate of drug-likeness (QED) is 0.536. The normalized spacial score (nSPS) is 16.3. The highest BCUT2D eigenvalue weighted by molar-refractivity contribution is 8.13. The third kappa shape index (κ3) is 6.34. The zero-order chi connectivity index (χ0) is 21.7. The van der Waals surface area contributed by atoms with E-state index in [1.165, 1.54) is 6.42 Å². The van der Waals surface area contributed by atoms with Gasteiger partial charge in [-0.2, -0.15) is 5.26 Å². The van der Waals surface area contributed by atoms with Crippen molar-refractivity contribution in [3.63, 3.8) is 0 Å². The van der Waals surface area contributed by atoms with E-state index in [0.717, 1.165) is 50.3 Å². The number of carbonyl (C=O) groups excluding carboxylic acids is 2. The molecular weight excluding hydrogens is 380 g/mol. The summed E-state index contributed by atoms with van der Waals surface area (Å²) in [6, 6.07) is 7.29. The fraction of sp³-hybridized carbons (Fsp3) is 0.625. The fourth-order valence-corrected chi connectivity index (χ4v) is 4.54. The Morgan fingerprint density at radius 1 is 1.21 bits per heavy atom. The number of nitrogens with one attached hydrogen (secondary N) is 1. The van der Waals surface area contributed by atoms with Crippen LogP contribution in [0.2, 0.25) is 0 Å². The van der Waals surface area contributed by atoms with Gasteiger partial charge in [-0.05, 0) is 61.6 Å². The maximum atomic E-state index is 13.4. The van der Waals surface area contributed by atoms with Crippen molar-refractivity contribution >= 4 is 28.5 Å². The zero-order valence-corrected chi connectivity index (χ0v) is 19.2. The summed E-state index contributed by atoms with van der Waals surface area (Å²) in [6.45, 7) is 10.0. The first-order valence-electron chi connectivity index (χ1n) is 10.7. The van der Waals surface area contributed by atoms with Crippen LogP contribution in [0.5, 0.6) is 0 Å². The number of amides is 1. The molecule has 158 valence electrons. The molecule has 2 rings (SSSR count). The van der Waals surface area contributed by atoms with E-state index in [1.54, 1.807) is 18.2 Å². The van der Waals surface area contributed by atoms with E-state index in [4.69, 9.17) is 0 Å². The number of nitrogens with zero attached hydrogens (tertiary/aromatic N) is 1. The average Bonchev–Trinajstić information content (AvgIpc) is 2.67. The van der Waals surface area contributed by atoms with Crippen LogP contribution in [-0.2, 0) is 9.59 Å². The van der Waals surface area contributed by atoms with Gasteiger partial charge in [-0.1, -0.05) is 53.9 Å². The minimum atomic E-state index is -0.484. The first kappa shape index (κ1) is 23.5. The number of hydrogen-bond donors (Lipinski definition) is 1. The van der Waals surface area contributed by atoms with Gasteiger partial charge in [0.2, 0.25) is 5.91 Å². The molecule has 1 aromatic carbocycles. The van der Waals surface area contributed by atoms with Crippen molar-refractivity contribution in [2.75, 3.05) is 5.32 Å². The summed E-state index contributed by atoms with van der Waals surface area (Å²) < 4.78 is 0. The largest absolute Gasteiger partial charge is 0.325 e. The molecule has 1 fully saturated rings. The molecule has 0 spiro atoms.